The first kappa shape index (κ1) is 17.0. The molecule has 0 aliphatic carbocycles. The molecule has 3 aromatic rings. The van der Waals surface area contributed by atoms with Crippen LogP contribution in [0.4, 0.5) is 0 Å². The fourth-order valence-corrected chi connectivity index (χ4v) is 3.03. The lowest BCUT2D eigenvalue weighted by Gasteiger charge is -2.33. The van der Waals surface area contributed by atoms with Gasteiger partial charge < -0.3 is 9.47 Å². The summed E-state index contributed by atoms with van der Waals surface area (Å²) in [6, 6.07) is 25.3. The Labute approximate surface area is 147 Å². The Kier molecular flexibility index (Phi) is 5.03. The van der Waals surface area contributed by atoms with Crippen LogP contribution in [0.25, 0.3) is 0 Å². The van der Waals surface area contributed by atoms with E-state index in [1.807, 2.05) is 78.9 Å². The summed E-state index contributed by atoms with van der Waals surface area (Å²) in [7, 11) is 3.28. The predicted molar refractivity (Wildman–Crippen MR) is 97.6 cm³/mol. The lowest BCUT2D eigenvalue weighted by Crippen LogP contribution is -2.35. The number of rotatable bonds is 6. The summed E-state index contributed by atoms with van der Waals surface area (Å²) >= 11 is 0. The second-order valence-electron chi connectivity index (χ2n) is 5.62. The van der Waals surface area contributed by atoms with Gasteiger partial charge in [0.15, 0.2) is 5.60 Å². The molecule has 0 amide bonds. The van der Waals surface area contributed by atoms with Crippen molar-refractivity contribution in [1.29, 1.82) is 0 Å². The molecule has 0 aromatic heterocycles. The van der Waals surface area contributed by atoms with Gasteiger partial charge >= 0.3 is 0 Å². The molecule has 0 saturated heterocycles. The minimum Gasteiger partial charge on any atom is -0.497 e. The Morgan fingerprint density at radius 3 is 1.36 bits per heavy atom. The van der Waals surface area contributed by atoms with Crippen LogP contribution < -0.4 is 15.4 Å². The molecule has 0 aliphatic heterocycles. The van der Waals surface area contributed by atoms with E-state index in [2.05, 4.69) is 0 Å². The van der Waals surface area contributed by atoms with Gasteiger partial charge in [-0.3, -0.25) is 4.84 Å². The van der Waals surface area contributed by atoms with Crippen LogP contribution in [0.15, 0.2) is 78.9 Å². The van der Waals surface area contributed by atoms with E-state index in [0.717, 1.165) is 28.2 Å². The Bertz CT molecular complexity index is 751. The van der Waals surface area contributed by atoms with Crippen LogP contribution >= 0.6 is 0 Å². The highest BCUT2D eigenvalue weighted by molar-refractivity contribution is 5.49. The highest BCUT2D eigenvalue weighted by Gasteiger charge is 2.37. The zero-order valence-corrected chi connectivity index (χ0v) is 14.3. The summed E-state index contributed by atoms with van der Waals surface area (Å²) in [4.78, 5) is 5.66. The molecule has 0 radical (unpaired) electrons. The molecule has 0 bridgehead atoms. The zero-order valence-electron chi connectivity index (χ0n) is 14.3. The molecule has 4 nitrogen and oxygen atoms in total. The fourth-order valence-electron chi connectivity index (χ4n) is 3.03. The third-order valence-corrected chi connectivity index (χ3v) is 4.35. The van der Waals surface area contributed by atoms with Crippen LogP contribution in [0, 0.1) is 0 Å². The van der Waals surface area contributed by atoms with E-state index in [-0.39, 0.29) is 0 Å². The molecule has 0 heterocycles. The average Bonchev–Trinajstić information content (AvgIpc) is 2.71. The number of hydrogen-bond donors (Lipinski definition) is 1. The van der Waals surface area contributed by atoms with Crippen molar-refractivity contribution in [3.05, 3.63) is 95.6 Å². The molecule has 0 aliphatic rings. The number of hydrogen-bond acceptors (Lipinski definition) is 4. The van der Waals surface area contributed by atoms with Gasteiger partial charge in [0.05, 0.1) is 14.2 Å². The topological polar surface area (TPSA) is 53.7 Å². The summed E-state index contributed by atoms with van der Waals surface area (Å²) in [6.07, 6.45) is 0. The molecule has 0 unspecified atom stereocenters. The van der Waals surface area contributed by atoms with Crippen molar-refractivity contribution in [2.24, 2.45) is 5.90 Å². The van der Waals surface area contributed by atoms with Crippen LogP contribution in [0.1, 0.15) is 16.7 Å². The van der Waals surface area contributed by atoms with Crippen LogP contribution in [-0.4, -0.2) is 14.2 Å². The third kappa shape index (κ3) is 3.09. The van der Waals surface area contributed by atoms with Gasteiger partial charge in [0.2, 0.25) is 0 Å². The van der Waals surface area contributed by atoms with E-state index in [0.29, 0.717) is 0 Å². The maximum Gasteiger partial charge on any atom is 0.164 e. The lowest BCUT2D eigenvalue weighted by atomic mass is 9.80. The van der Waals surface area contributed by atoms with E-state index in [9.17, 15) is 0 Å². The maximum absolute atomic E-state index is 5.88. The highest BCUT2D eigenvalue weighted by Crippen LogP contribution is 2.40. The Balaban J connectivity index is 2.21. The third-order valence-electron chi connectivity index (χ3n) is 4.35. The van der Waals surface area contributed by atoms with Gasteiger partial charge in [-0.25, -0.2) is 5.90 Å². The van der Waals surface area contributed by atoms with E-state index < -0.39 is 5.60 Å². The van der Waals surface area contributed by atoms with Crippen LogP contribution in [0.2, 0.25) is 0 Å². The van der Waals surface area contributed by atoms with Crippen molar-refractivity contribution in [3.8, 4) is 11.5 Å². The van der Waals surface area contributed by atoms with Crippen LogP contribution in [-0.2, 0) is 10.4 Å². The molecule has 3 rings (SSSR count). The fraction of sp³-hybridized carbons (Fsp3) is 0.143. The highest BCUT2D eigenvalue weighted by atomic mass is 16.6. The number of ether oxygens (including phenoxy) is 2. The average molecular weight is 335 g/mol. The Morgan fingerprint density at radius 1 is 0.600 bits per heavy atom. The first-order valence-corrected chi connectivity index (χ1v) is 7.97. The van der Waals surface area contributed by atoms with Gasteiger partial charge in [-0.05, 0) is 41.0 Å². The SMILES string of the molecule is COc1ccc(C(ON)(c2ccccc2)c2ccc(OC)cc2)cc1. The van der Waals surface area contributed by atoms with E-state index in [1.54, 1.807) is 14.2 Å². The summed E-state index contributed by atoms with van der Waals surface area (Å²) in [6.45, 7) is 0. The van der Waals surface area contributed by atoms with Gasteiger partial charge in [0.25, 0.3) is 0 Å². The quantitative estimate of drug-likeness (QED) is 0.548. The standard InChI is InChI=1S/C21H21NO3/c1-23-19-12-8-17(9-13-19)21(25-22,16-6-4-3-5-7-16)18-10-14-20(24-2)15-11-18/h3-15H,22H2,1-2H3. The summed E-state index contributed by atoms with van der Waals surface area (Å²) in [5, 5.41) is 0. The number of nitrogens with two attached hydrogens (primary N) is 1. The first-order valence-electron chi connectivity index (χ1n) is 7.97. The molecule has 4 heteroatoms. The molecule has 0 atom stereocenters. The summed E-state index contributed by atoms with van der Waals surface area (Å²) < 4.78 is 10.5. The number of benzene rings is 3. The maximum atomic E-state index is 5.88. The molecule has 0 saturated carbocycles. The molecule has 128 valence electrons. The van der Waals surface area contributed by atoms with Crippen molar-refractivity contribution < 1.29 is 14.3 Å². The van der Waals surface area contributed by atoms with Gasteiger partial charge in [-0.1, -0.05) is 54.6 Å². The summed E-state index contributed by atoms with van der Waals surface area (Å²) in [5.74, 6) is 7.43. The van der Waals surface area contributed by atoms with Crippen molar-refractivity contribution in [2.75, 3.05) is 14.2 Å². The normalized spacial score (nSPS) is 11.2. The predicted octanol–water partition coefficient (Wildman–Crippen LogP) is 3.89. The molecule has 2 N–H and O–H groups in total. The molecular weight excluding hydrogens is 314 g/mol. The number of methoxy groups -OCH3 is 2. The molecular formula is C21H21NO3. The van der Waals surface area contributed by atoms with E-state index in [1.165, 1.54) is 0 Å². The van der Waals surface area contributed by atoms with Gasteiger partial charge in [-0.15, -0.1) is 0 Å². The lowest BCUT2D eigenvalue weighted by molar-refractivity contribution is 0.0117. The minimum absolute atomic E-state index is 0.775. The van der Waals surface area contributed by atoms with Crippen LogP contribution in [0.5, 0.6) is 11.5 Å². The smallest absolute Gasteiger partial charge is 0.164 e. The Morgan fingerprint density at radius 2 is 1.00 bits per heavy atom. The van der Waals surface area contributed by atoms with Crippen molar-refractivity contribution in [1.82, 2.24) is 0 Å². The van der Waals surface area contributed by atoms with Crippen LogP contribution in [0.3, 0.4) is 0 Å². The van der Waals surface area contributed by atoms with Gasteiger partial charge in [0.1, 0.15) is 11.5 Å². The van der Waals surface area contributed by atoms with Crippen molar-refractivity contribution in [2.45, 2.75) is 5.60 Å². The van der Waals surface area contributed by atoms with Gasteiger partial charge in [-0.2, -0.15) is 0 Å². The second kappa shape index (κ2) is 7.38. The van der Waals surface area contributed by atoms with Crippen molar-refractivity contribution >= 4 is 0 Å². The molecule has 3 aromatic carbocycles. The molecule has 25 heavy (non-hydrogen) atoms. The van der Waals surface area contributed by atoms with Gasteiger partial charge in [0, 0.05) is 0 Å². The van der Waals surface area contributed by atoms with Crippen molar-refractivity contribution in [3.63, 3.8) is 0 Å². The molecule has 0 fully saturated rings. The van der Waals surface area contributed by atoms with E-state index >= 15 is 0 Å². The minimum atomic E-state index is -0.931. The largest absolute Gasteiger partial charge is 0.497 e. The summed E-state index contributed by atoms with van der Waals surface area (Å²) in [5.41, 5.74) is 1.83. The zero-order chi connectivity index (χ0) is 17.7. The second-order valence-corrected chi connectivity index (χ2v) is 5.62. The molecule has 0 spiro atoms. The monoisotopic (exact) mass is 335 g/mol. The Hall–Kier alpha value is -2.82. The first-order chi connectivity index (χ1) is 12.2. The van der Waals surface area contributed by atoms with E-state index in [4.69, 9.17) is 20.2 Å².